The summed E-state index contributed by atoms with van der Waals surface area (Å²) in [5, 5.41) is 5.33. The summed E-state index contributed by atoms with van der Waals surface area (Å²) in [5.74, 6) is 1.09. The van der Waals surface area contributed by atoms with Gasteiger partial charge in [-0.25, -0.2) is 9.99 Å². The highest BCUT2D eigenvalue weighted by Gasteiger charge is 2.36. The molecule has 2 aliphatic heterocycles. The van der Waals surface area contributed by atoms with Gasteiger partial charge in [0.25, 0.3) is 0 Å². The summed E-state index contributed by atoms with van der Waals surface area (Å²) in [6, 6.07) is 15.5. The smallest absolute Gasteiger partial charge is 0.126 e. The summed E-state index contributed by atoms with van der Waals surface area (Å²) < 4.78 is 0. The topological polar surface area (TPSA) is 35.2 Å². The van der Waals surface area contributed by atoms with Crippen molar-refractivity contribution in [3.63, 3.8) is 0 Å². The summed E-state index contributed by atoms with van der Waals surface area (Å²) in [6.07, 6.45) is 6.77. The number of aromatic nitrogens is 2. The second-order valence-corrected chi connectivity index (χ2v) is 9.96. The third-order valence-corrected chi connectivity index (χ3v) is 7.73. The molecule has 2 aromatic carbocycles. The monoisotopic (exact) mass is 422 g/mol. The van der Waals surface area contributed by atoms with Crippen LogP contribution < -0.4 is 0 Å². The predicted octanol–water partition coefficient (Wildman–Crippen LogP) is 6.04. The number of thioether (sulfide) groups is 2. The number of H-pyrrole nitrogens is 1. The van der Waals surface area contributed by atoms with Gasteiger partial charge in [-0.1, -0.05) is 47.7 Å². The highest BCUT2D eigenvalue weighted by molar-refractivity contribution is 8.09. The molecule has 1 aromatic heterocycles. The van der Waals surface area contributed by atoms with E-state index in [2.05, 4.69) is 83.8 Å². The molecule has 2 aliphatic rings. The molecule has 4 nitrogen and oxygen atoms in total. The Morgan fingerprint density at radius 3 is 2.79 bits per heavy atom. The van der Waals surface area contributed by atoms with Crippen LogP contribution in [0.1, 0.15) is 42.8 Å². The van der Waals surface area contributed by atoms with Gasteiger partial charge in [-0.2, -0.15) is 0 Å². The van der Waals surface area contributed by atoms with Gasteiger partial charge < -0.3 is 4.98 Å². The quantitative estimate of drug-likeness (QED) is 0.519. The fourth-order valence-electron chi connectivity index (χ4n) is 4.29. The van der Waals surface area contributed by atoms with Gasteiger partial charge in [0.05, 0.1) is 16.9 Å². The molecule has 0 aliphatic carbocycles. The number of imidazole rings is 1. The van der Waals surface area contributed by atoms with Crippen LogP contribution in [0.4, 0.5) is 0 Å². The van der Waals surface area contributed by atoms with Gasteiger partial charge in [-0.05, 0) is 50.6 Å². The summed E-state index contributed by atoms with van der Waals surface area (Å²) >= 11 is 3.70. The van der Waals surface area contributed by atoms with E-state index in [4.69, 9.17) is 4.98 Å². The third kappa shape index (κ3) is 3.47. The standard InChI is InChI=1S/C23H26N4S2/c1-15-9-11-17(12-10-15)21-14-27(16(2)29-21)26-13-5-7-19(26)23-24-18-6-4-8-20(28-3)22(18)25-23/h4,6,8-12,14,16,19H,5,7,13H2,1-3H3,(H,24,25)/t16?,19-/m0/s1. The lowest BCUT2D eigenvalue weighted by atomic mass is 10.1. The Morgan fingerprint density at radius 1 is 1.17 bits per heavy atom. The average Bonchev–Trinajstić information content (AvgIpc) is 3.45. The number of nitrogens with zero attached hydrogens (tertiary/aromatic N) is 3. The largest absolute Gasteiger partial charge is 0.341 e. The van der Waals surface area contributed by atoms with Crippen molar-refractivity contribution in [3.8, 4) is 0 Å². The Hall–Kier alpha value is -1.89. The molecule has 3 heterocycles. The zero-order valence-electron chi connectivity index (χ0n) is 17.1. The van der Waals surface area contributed by atoms with Crippen molar-refractivity contribution in [2.45, 2.75) is 43.0 Å². The predicted molar refractivity (Wildman–Crippen MR) is 125 cm³/mol. The molecule has 0 saturated carbocycles. The van der Waals surface area contributed by atoms with Crippen LogP contribution in [0.5, 0.6) is 0 Å². The van der Waals surface area contributed by atoms with Crippen LogP contribution in [0, 0.1) is 6.92 Å². The van der Waals surface area contributed by atoms with E-state index in [1.165, 1.54) is 27.3 Å². The maximum absolute atomic E-state index is 5.03. The minimum atomic E-state index is 0.300. The van der Waals surface area contributed by atoms with Gasteiger partial charge in [-0.3, -0.25) is 5.01 Å². The fraction of sp³-hybridized carbons (Fsp3) is 0.348. The van der Waals surface area contributed by atoms with Gasteiger partial charge >= 0.3 is 0 Å². The lowest BCUT2D eigenvalue weighted by Gasteiger charge is -2.35. The average molecular weight is 423 g/mol. The van der Waals surface area contributed by atoms with Crippen molar-refractivity contribution in [3.05, 3.63) is 65.6 Å². The van der Waals surface area contributed by atoms with E-state index in [0.717, 1.165) is 29.8 Å². The van der Waals surface area contributed by atoms with E-state index in [1.807, 2.05) is 11.8 Å². The molecule has 0 amide bonds. The Bertz CT molecular complexity index is 1060. The molecule has 0 spiro atoms. The number of hydrogen-bond donors (Lipinski definition) is 1. The fourth-order valence-corrected chi connectivity index (χ4v) is 5.95. The maximum Gasteiger partial charge on any atom is 0.126 e. The SMILES string of the molecule is CSc1cccc2[nH]c([C@@H]3CCCN3N3C=C(c4ccc(C)cc4)SC3C)nc12. The normalized spacial score (nSPS) is 22.6. The molecule has 1 N–H and O–H groups in total. The van der Waals surface area contributed by atoms with E-state index >= 15 is 0 Å². The molecule has 0 radical (unpaired) electrons. The molecule has 6 heteroatoms. The molecule has 1 saturated heterocycles. The Balaban J connectivity index is 1.45. The molecule has 5 rings (SSSR count). The Kier molecular flexibility index (Phi) is 5.10. The summed E-state index contributed by atoms with van der Waals surface area (Å²) in [4.78, 5) is 11.2. The van der Waals surface area contributed by atoms with Gasteiger partial charge in [-0.15, -0.1) is 11.8 Å². The van der Waals surface area contributed by atoms with Crippen LogP contribution in [-0.2, 0) is 0 Å². The van der Waals surface area contributed by atoms with Gasteiger partial charge in [0, 0.05) is 22.5 Å². The van der Waals surface area contributed by atoms with Crippen LogP contribution in [0.3, 0.4) is 0 Å². The van der Waals surface area contributed by atoms with Crippen molar-refractivity contribution in [1.82, 2.24) is 20.0 Å². The molecule has 0 bridgehead atoms. The van der Waals surface area contributed by atoms with Crippen LogP contribution in [0.2, 0.25) is 0 Å². The number of benzene rings is 2. The van der Waals surface area contributed by atoms with Crippen molar-refractivity contribution in [2.24, 2.45) is 0 Å². The minimum absolute atomic E-state index is 0.300. The lowest BCUT2D eigenvalue weighted by Crippen LogP contribution is -2.41. The van der Waals surface area contributed by atoms with E-state index < -0.39 is 0 Å². The van der Waals surface area contributed by atoms with Crippen LogP contribution in [0.15, 0.2) is 53.6 Å². The van der Waals surface area contributed by atoms with Crippen LogP contribution in [0.25, 0.3) is 15.9 Å². The maximum atomic E-state index is 5.03. The number of nitrogens with one attached hydrogen (secondary N) is 1. The number of fused-ring (bicyclic) bond motifs is 1. The van der Waals surface area contributed by atoms with E-state index in [1.54, 1.807) is 11.8 Å². The molecule has 2 atom stereocenters. The molecule has 1 unspecified atom stereocenters. The van der Waals surface area contributed by atoms with Crippen molar-refractivity contribution < 1.29 is 0 Å². The zero-order valence-corrected chi connectivity index (χ0v) is 18.7. The first-order chi connectivity index (χ1) is 14.1. The van der Waals surface area contributed by atoms with Gasteiger partial charge in [0.1, 0.15) is 11.3 Å². The Labute approximate surface area is 180 Å². The van der Waals surface area contributed by atoms with Crippen LogP contribution >= 0.6 is 23.5 Å². The first-order valence-corrected chi connectivity index (χ1v) is 12.3. The Morgan fingerprint density at radius 2 is 2.00 bits per heavy atom. The summed E-state index contributed by atoms with van der Waals surface area (Å²) in [7, 11) is 0. The number of hydrazine groups is 1. The highest BCUT2D eigenvalue weighted by atomic mass is 32.2. The molecule has 1 fully saturated rings. The molecular weight excluding hydrogens is 396 g/mol. The first kappa shape index (κ1) is 19.1. The number of para-hydroxylation sites is 1. The van der Waals surface area contributed by atoms with Crippen LogP contribution in [-0.4, -0.2) is 38.2 Å². The minimum Gasteiger partial charge on any atom is -0.341 e. The number of aryl methyl sites for hydroxylation is 1. The van der Waals surface area contributed by atoms with E-state index in [9.17, 15) is 0 Å². The first-order valence-electron chi connectivity index (χ1n) is 10.2. The number of rotatable bonds is 4. The van der Waals surface area contributed by atoms with Crippen molar-refractivity contribution in [1.29, 1.82) is 0 Å². The molecule has 29 heavy (non-hydrogen) atoms. The second kappa shape index (κ2) is 7.74. The number of aromatic amines is 1. The van der Waals surface area contributed by atoms with Crippen molar-refractivity contribution >= 4 is 39.5 Å². The summed E-state index contributed by atoms with van der Waals surface area (Å²) in [5.41, 5.74) is 4.84. The third-order valence-electron chi connectivity index (χ3n) is 5.81. The molecule has 3 aromatic rings. The van der Waals surface area contributed by atoms with E-state index in [-0.39, 0.29) is 0 Å². The van der Waals surface area contributed by atoms with Crippen molar-refractivity contribution in [2.75, 3.05) is 12.8 Å². The lowest BCUT2D eigenvalue weighted by molar-refractivity contribution is 0.00255. The number of hydrogen-bond acceptors (Lipinski definition) is 5. The second-order valence-electron chi connectivity index (χ2n) is 7.76. The molecule has 150 valence electrons. The van der Waals surface area contributed by atoms with E-state index in [0.29, 0.717) is 11.4 Å². The highest BCUT2D eigenvalue weighted by Crippen LogP contribution is 2.44. The zero-order chi connectivity index (χ0) is 20.0. The summed E-state index contributed by atoms with van der Waals surface area (Å²) in [6.45, 7) is 5.50. The van der Waals surface area contributed by atoms with Gasteiger partial charge in [0.2, 0.25) is 0 Å². The molecular formula is C23H26N4S2. The van der Waals surface area contributed by atoms with Gasteiger partial charge in [0.15, 0.2) is 0 Å².